The molecule has 1 N–H and O–H groups in total. The van der Waals surface area contributed by atoms with Crippen LogP contribution in [-0.2, 0) is 4.74 Å². The summed E-state index contributed by atoms with van der Waals surface area (Å²) in [4.78, 5) is 22.9. The van der Waals surface area contributed by atoms with Crippen LogP contribution >= 0.6 is 0 Å². The molecule has 0 atom stereocenters. The van der Waals surface area contributed by atoms with Crippen LogP contribution < -0.4 is 10.2 Å². The second kappa shape index (κ2) is 7.51. The number of carbonyl (C=O) groups excluding carboxylic acids is 1. The lowest BCUT2D eigenvalue weighted by atomic mass is 10.2. The van der Waals surface area contributed by atoms with Gasteiger partial charge in [-0.15, -0.1) is 0 Å². The summed E-state index contributed by atoms with van der Waals surface area (Å²) in [6, 6.07) is 9.67. The van der Waals surface area contributed by atoms with E-state index in [0.717, 1.165) is 5.56 Å². The van der Waals surface area contributed by atoms with Crippen molar-refractivity contribution < 1.29 is 9.53 Å². The quantitative estimate of drug-likeness (QED) is 0.821. The minimum Gasteiger partial charge on any atom is -0.383 e. The number of ether oxygens (including phenoxy) is 1. The Labute approximate surface area is 130 Å². The molecule has 0 saturated heterocycles. The van der Waals surface area contributed by atoms with Crippen LogP contribution in [0.1, 0.15) is 10.4 Å². The maximum Gasteiger partial charge on any atom is 0.256 e. The van der Waals surface area contributed by atoms with Gasteiger partial charge in [-0.3, -0.25) is 4.79 Å². The monoisotopic (exact) mass is 300 g/mol. The zero-order valence-electron chi connectivity index (χ0n) is 13.0. The number of aromatic nitrogens is 2. The average molecular weight is 300 g/mol. The first kappa shape index (κ1) is 15.9. The van der Waals surface area contributed by atoms with Crippen LogP contribution in [0.4, 0.5) is 5.82 Å². The number of methoxy groups -OCH3 is 1. The third-order valence-electron chi connectivity index (χ3n) is 3.06. The van der Waals surface area contributed by atoms with Crippen LogP contribution in [0.25, 0.3) is 11.4 Å². The molecule has 0 bridgehead atoms. The molecule has 2 rings (SSSR count). The number of hydrogen-bond acceptors (Lipinski definition) is 5. The van der Waals surface area contributed by atoms with Crippen LogP contribution in [-0.4, -0.2) is 50.2 Å². The van der Waals surface area contributed by atoms with E-state index in [-0.39, 0.29) is 5.91 Å². The summed E-state index contributed by atoms with van der Waals surface area (Å²) >= 11 is 0. The van der Waals surface area contributed by atoms with Crippen molar-refractivity contribution >= 4 is 11.7 Å². The number of rotatable bonds is 6. The Morgan fingerprint density at radius 2 is 2.00 bits per heavy atom. The third-order valence-corrected chi connectivity index (χ3v) is 3.06. The fourth-order valence-electron chi connectivity index (χ4n) is 1.96. The zero-order valence-corrected chi connectivity index (χ0v) is 13.0. The SMILES string of the molecule is COCCNC(=O)c1cnc(-c2ccccc2)nc1N(C)C. The van der Waals surface area contributed by atoms with E-state index >= 15 is 0 Å². The number of carbonyl (C=O) groups is 1. The van der Waals surface area contributed by atoms with Gasteiger partial charge in [0.25, 0.3) is 5.91 Å². The van der Waals surface area contributed by atoms with Crippen LogP contribution in [0.15, 0.2) is 36.5 Å². The molecule has 0 unspecified atom stereocenters. The van der Waals surface area contributed by atoms with Crippen LogP contribution in [0.3, 0.4) is 0 Å². The predicted octanol–water partition coefficient (Wildman–Crippen LogP) is 1.59. The van der Waals surface area contributed by atoms with Gasteiger partial charge in [-0.2, -0.15) is 0 Å². The van der Waals surface area contributed by atoms with Gasteiger partial charge in [-0.1, -0.05) is 30.3 Å². The Morgan fingerprint density at radius 1 is 1.27 bits per heavy atom. The summed E-state index contributed by atoms with van der Waals surface area (Å²) in [7, 11) is 5.29. The zero-order chi connectivity index (χ0) is 15.9. The number of anilines is 1. The molecule has 0 aliphatic carbocycles. The summed E-state index contributed by atoms with van der Waals surface area (Å²) in [5.74, 6) is 0.974. The van der Waals surface area contributed by atoms with E-state index in [1.54, 1.807) is 18.2 Å². The van der Waals surface area contributed by atoms with E-state index in [4.69, 9.17) is 4.74 Å². The van der Waals surface area contributed by atoms with Gasteiger partial charge in [0.1, 0.15) is 11.4 Å². The molecule has 2 aromatic rings. The first-order valence-corrected chi connectivity index (χ1v) is 7.00. The summed E-state index contributed by atoms with van der Waals surface area (Å²) in [6.07, 6.45) is 1.56. The summed E-state index contributed by atoms with van der Waals surface area (Å²) in [6.45, 7) is 0.911. The number of nitrogens with zero attached hydrogens (tertiary/aromatic N) is 3. The highest BCUT2D eigenvalue weighted by atomic mass is 16.5. The maximum atomic E-state index is 12.2. The smallest absolute Gasteiger partial charge is 0.256 e. The predicted molar refractivity (Wildman–Crippen MR) is 86.0 cm³/mol. The second-order valence-electron chi connectivity index (χ2n) is 4.94. The maximum absolute atomic E-state index is 12.2. The molecular weight excluding hydrogens is 280 g/mol. The molecule has 6 nitrogen and oxygen atoms in total. The fraction of sp³-hybridized carbons (Fsp3) is 0.312. The molecule has 6 heteroatoms. The van der Waals surface area contributed by atoms with Gasteiger partial charge in [0.05, 0.1) is 6.61 Å². The fourth-order valence-corrected chi connectivity index (χ4v) is 1.96. The third kappa shape index (κ3) is 3.79. The summed E-state index contributed by atoms with van der Waals surface area (Å²) < 4.78 is 4.93. The lowest BCUT2D eigenvalue weighted by Crippen LogP contribution is -2.29. The van der Waals surface area contributed by atoms with E-state index < -0.39 is 0 Å². The highest BCUT2D eigenvalue weighted by Gasteiger charge is 2.16. The van der Waals surface area contributed by atoms with Crippen molar-refractivity contribution in [2.45, 2.75) is 0 Å². The van der Waals surface area contributed by atoms with Gasteiger partial charge in [0.15, 0.2) is 5.82 Å². The summed E-state index contributed by atoms with van der Waals surface area (Å²) in [5.41, 5.74) is 1.36. The molecule has 1 heterocycles. The Kier molecular flexibility index (Phi) is 5.43. The molecular formula is C16H20N4O2. The molecule has 0 radical (unpaired) electrons. The van der Waals surface area contributed by atoms with Crippen molar-refractivity contribution in [3.05, 3.63) is 42.1 Å². The average Bonchev–Trinajstić information content (AvgIpc) is 2.55. The Balaban J connectivity index is 2.30. The van der Waals surface area contributed by atoms with Crippen molar-refractivity contribution in [3.63, 3.8) is 0 Å². The topological polar surface area (TPSA) is 67.3 Å². The molecule has 0 aliphatic heterocycles. The molecule has 1 aromatic carbocycles. The Hall–Kier alpha value is -2.47. The van der Waals surface area contributed by atoms with E-state index in [2.05, 4.69) is 15.3 Å². The van der Waals surface area contributed by atoms with Crippen LogP contribution in [0.2, 0.25) is 0 Å². The van der Waals surface area contributed by atoms with E-state index in [9.17, 15) is 4.79 Å². The number of benzene rings is 1. The van der Waals surface area contributed by atoms with Crippen molar-refractivity contribution in [1.82, 2.24) is 15.3 Å². The van der Waals surface area contributed by atoms with Gasteiger partial charge < -0.3 is 15.0 Å². The highest BCUT2D eigenvalue weighted by molar-refractivity contribution is 5.98. The van der Waals surface area contributed by atoms with Crippen molar-refractivity contribution in [2.75, 3.05) is 39.3 Å². The Bertz CT molecular complexity index is 629. The first-order valence-electron chi connectivity index (χ1n) is 7.00. The molecule has 0 fully saturated rings. The second-order valence-corrected chi connectivity index (χ2v) is 4.94. The van der Waals surface area contributed by atoms with Gasteiger partial charge in [0, 0.05) is 39.5 Å². The van der Waals surface area contributed by atoms with Gasteiger partial charge in [0.2, 0.25) is 0 Å². The van der Waals surface area contributed by atoms with Crippen LogP contribution in [0.5, 0.6) is 0 Å². The number of nitrogens with one attached hydrogen (secondary N) is 1. The van der Waals surface area contributed by atoms with E-state index in [1.807, 2.05) is 44.4 Å². The molecule has 116 valence electrons. The lowest BCUT2D eigenvalue weighted by molar-refractivity contribution is 0.0937. The summed E-state index contributed by atoms with van der Waals surface area (Å²) in [5, 5.41) is 2.78. The largest absolute Gasteiger partial charge is 0.383 e. The van der Waals surface area contributed by atoms with Crippen LogP contribution in [0, 0.1) is 0 Å². The molecule has 1 amide bonds. The Morgan fingerprint density at radius 3 is 2.64 bits per heavy atom. The van der Waals surface area contributed by atoms with Crippen molar-refractivity contribution in [2.24, 2.45) is 0 Å². The molecule has 22 heavy (non-hydrogen) atoms. The van der Waals surface area contributed by atoms with Gasteiger partial charge >= 0.3 is 0 Å². The first-order chi connectivity index (χ1) is 10.6. The molecule has 1 aromatic heterocycles. The minimum atomic E-state index is -0.208. The molecule has 0 aliphatic rings. The van der Waals surface area contributed by atoms with Crippen molar-refractivity contribution in [1.29, 1.82) is 0 Å². The molecule has 0 spiro atoms. The van der Waals surface area contributed by atoms with E-state index in [0.29, 0.717) is 30.4 Å². The number of amides is 1. The van der Waals surface area contributed by atoms with Gasteiger partial charge in [-0.05, 0) is 0 Å². The van der Waals surface area contributed by atoms with Gasteiger partial charge in [-0.25, -0.2) is 9.97 Å². The standard InChI is InChI=1S/C16H20N4O2/c1-20(2)15-13(16(21)17-9-10-22-3)11-18-14(19-15)12-7-5-4-6-8-12/h4-8,11H,9-10H2,1-3H3,(H,17,21). The lowest BCUT2D eigenvalue weighted by Gasteiger charge is -2.16. The highest BCUT2D eigenvalue weighted by Crippen LogP contribution is 2.20. The number of hydrogen-bond donors (Lipinski definition) is 1. The normalized spacial score (nSPS) is 10.3. The minimum absolute atomic E-state index is 0.208. The van der Waals surface area contributed by atoms with E-state index in [1.165, 1.54) is 0 Å². The molecule has 0 saturated carbocycles. The van der Waals surface area contributed by atoms with Crippen molar-refractivity contribution in [3.8, 4) is 11.4 Å².